The van der Waals surface area contributed by atoms with E-state index in [9.17, 15) is 67.7 Å². The lowest BCUT2D eigenvalue weighted by atomic mass is 10.4. The zero-order valence-electron chi connectivity index (χ0n) is 36.5. The lowest BCUT2D eigenvalue weighted by Gasteiger charge is -2.08. The molecule has 0 bridgehead atoms. The van der Waals surface area contributed by atoms with Crippen molar-refractivity contribution in [2.75, 3.05) is 17.3 Å². The van der Waals surface area contributed by atoms with Gasteiger partial charge in [0.2, 0.25) is 0 Å². The molecule has 66 heavy (non-hydrogen) atoms. The molecule has 21 nitrogen and oxygen atoms in total. The highest BCUT2D eigenvalue weighted by Crippen LogP contribution is 2.18. The Bertz CT molecular complexity index is 3490. The summed E-state index contributed by atoms with van der Waals surface area (Å²) in [6.07, 6.45) is -1.80. The van der Waals surface area contributed by atoms with Crippen LogP contribution in [0.4, 0.5) is 26.3 Å². The highest BCUT2D eigenvalue weighted by Gasteiger charge is 2.21. The SMILES string of the molecule is CC(CS(=O)(=O)Cn1cnc2c1c(=O)n(C)c(=O)n2C)=C(F)F.CC(CS(=O)Cn1cnc2c1c(=O)n(C)c(=O)n2C)=C(F)F.CC(CSCn1cnc2c1c(=O)n(C)c(=O)n2C)=C(F)F. The average molecular weight is 997 g/mol. The third-order valence-electron chi connectivity index (χ3n) is 9.60. The third kappa shape index (κ3) is 11.2. The lowest BCUT2D eigenvalue weighted by Crippen LogP contribution is -2.37. The van der Waals surface area contributed by atoms with Gasteiger partial charge < -0.3 is 13.7 Å². The van der Waals surface area contributed by atoms with E-state index in [4.69, 9.17) is 0 Å². The molecule has 6 rings (SSSR count). The summed E-state index contributed by atoms with van der Waals surface area (Å²) in [5.41, 5.74) is -3.34. The van der Waals surface area contributed by atoms with Crippen LogP contribution in [0.5, 0.6) is 0 Å². The van der Waals surface area contributed by atoms with Gasteiger partial charge in [0, 0.05) is 75.6 Å². The zero-order chi connectivity index (χ0) is 49.9. The highest BCUT2D eigenvalue weighted by atomic mass is 32.2. The molecule has 0 fully saturated rings. The molecule has 0 aliphatic carbocycles. The Morgan fingerprint density at radius 3 is 1.33 bits per heavy atom. The molecule has 1 unspecified atom stereocenters. The van der Waals surface area contributed by atoms with E-state index >= 15 is 0 Å². The number of hydrogen-bond donors (Lipinski definition) is 0. The van der Waals surface area contributed by atoms with Crippen molar-refractivity contribution in [3.05, 3.63) is 116 Å². The average Bonchev–Trinajstić information content (AvgIpc) is 3.99. The summed E-state index contributed by atoms with van der Waals surface area (Å²) in [6.45, 7) is 3.57. The van der Waals surface area contributed by atoms with Crippen LogP contribution in [0.25, 0.3) is 33.5 Å². The van der Waals surface area contributed by atoms with Gasteiger partial charge in [0.15, 0.2) is 43.3 Å². The molecule has 0 saturated heterocycles. The maximum absolute atomic E-state index is 12.4. The van der Waals surface area contributed by atoms with E-state index in [1.807, 2.05) is 0 Å². The van der Waals surface area contributed by atoms with E-state index in [0.717, 1.165) is 36.1 Å². The first kappa shape index (κ1) is 52.3. The Kier molecular flexibility index (Phi) is 16.6. The van der Waals surface area contributed by atoms with Crippen LogP contribution >= 0.6 is 11.8 Å². The molecule has 0 amide bonds. The zero-order valence-corrected chi connectivity index (χ0v) is 39.0. The van der Waals surface area contributed by atoms with E-state index in [1.54, 1.807) is 4.57 Å². The number of sulfone groups is 1. The molecule has 0 N–H and O–H groups in total. The molecule has 6 aromatic rings. The number of hydrogen-bond acceptors (Lipinski definition) is 13. The van der Waals surface area contributed by atoms with Gasteiger partial charge >= 0.3 is 17.1 Å². The van der Waals surface area contributed by atoms with Crippen molar-refractivity contribution in [1.29, 1.82) is 0 Å². The molecule has 6 heterocycles. The van der Waals surface area contributed by atoms with Gasteiger partial charge in [-0.05, 0) is 20.8 Å². The quantitative estimate of drug-likeness (QED) is 0.159. The second-order valence-corrected chi connectivity index (χ2v) is 19.0. The van der Waals surface area contributed by atoms with Gasteiger partial charge in [-0.3, -0.25) is 46.0 Å². The first-order valence-corrected chi connectivity index (χ1v) is 23.1. The predicted octanol–water partition coefficient (Wildman–Crippen LogP) is 1.58. The number of aromatic nitrogens is 12. The van der Waals surface area contributed by atoms with Crippen LogP contribution in [0.2, 0.25) is 0 Å². The molecular formula is C36H42F6N12O9S3. The van der Waals surface area contributed by atoms with Crippen molar-refractivity contribution < 1.29 is 39.0 Å². The summed E-state index contributed by atoms with van der Waals surface area (Å²) in [7, 11) is 2.77. The summed E-state index contributed by atoms with van der Waals surface area (Å²) < 4.78 is 120. The Hall–Kier alpha value is -6.30. The number of nitrogens with zero attached hydrogens (tertiary/aromatic N) is 12. The van der Waals surface area contributed by atoms with Gasteiger partial charge in [-0.25, -0.2) is 37.8 Å². The standard InChI is InChI=1S/C12H14F2N4O4S.C12H14F2N4O3S.C12H14F2N4O2S/c1-7(9(13)14)4-23(21,22)6-18-5-15-10-8(18)11(19)17(3)12(20)16(10)2;1-7(9(13)14)4-22(21)6-18-5-15-10-8(18)11(19)17(3)12(20)16(10)2;1-7(9(13)14)4-21-6-18-5-15-10-8(18)11(19)17(3)12(20)16(10)2/h5H,4,6H2,1-3H3;5H,4,6H2,1-3H3;5H,4,6H2,1-3H3. The largest absolute Gasteiger partial charge is 0.332 e. The van der Waals surface area contributed by atoms with E-state index in [1.165, 1.54) is 94.3 Å². The molecule has 360 valence electrons. The van der Waals surface area contributed by atoms with Gasteiger partial charge in [-0.15, -0.1) is 11.8 Å². The summed E-state index contributed by atoms with van der Waals surface area (Å²) in [5, 5.41) is 0. The van der Waals surface area contributed by atoms with Gasteiger partial charge in [-0.1, -0.05) is 0 Å². The fraction of sp³-hybridized carbons (Fsp3) is 0.417. The van der Waals surface area contributed by atoms with Crippen molar-refractivity contribution in [2.45, 2.75) is 38.4 Å². The van der Waals surface area contributed by atoms with Gasteiger partial charge in [0.1, 0.15) is 11.8 Å². The van der Waals surface area contributed by atoms with E-state index in [0.29, 0.717) is 5.88 Å². The number of thioether (sulfide) groups is 1. The topological polar surface area (TPSA) is 237 Å². The van der Waals surface area contributed by atoms with Crippen LogP contribution in [0.15, 0.2) is 82.7 Å². The van der Waals surface area contributed by atoms with E-state index < -0.39 is 89.8 Å². The first-order valence-electron chi connectivity index (χ1n) is 18.6. The molecule has 0 aromatic carbocycles. The smallest absolute Gasteiger partial charge is 0.315 e. The Balaban J connectivity index is 0.000000217. The summed E-state index contributed by atoms with van der Waals surface area (Å²) in [6, 6.07) is 0. The van der Waals surface area contributed by atoms with Crippen LogP contribution in [-0.4, -0.2) is 85.9 Å². The first-order chi connectivity index (χ1) is 30.6. The predicted molar refractivity (Wildman–Crippen MR) is 235 cm³/mol. The van der Waals surface area contributed by atoms with Crippen molar-refractivity contribution in [1.82, 2.24) is 56.1 Å². The lowest BCUT2D eigenvalue weighted by molar-refractivity contribution is 0.411. The van der Waals surface area contributed by atoms with Crippen LogP contribution in [0.3, 0.4) is 0 Å². The summed E-state index contributed by atoms with van der Waals surface area (Å²) in [5.74, 6) is -1.52. The van der Waals surface area contributed by atoms with E-state index in [-0.39, 0.29) is 62.0 Å². The van der Waals surface area contributed by atoms with Crippen molar-refractivity contribution in [2.24, 2.45) is 42.3 Å². The number of rotatable bonds is 12. The van der Waals surface area contributed by atoms with Gasteiger partial charge in [-0.2, -0.15) is 26.3 Å². The van der Waals surface area contributed by atoms with Crippen molar-refractivity contribution in [3.63, 3.8) is 0 Å². The fourth-order valence-electron chi connectivity index (χ4n) is 5.97. The molecule has 0 saturated carbocycles. The molecule has 1 atom stereocenters. The van der Waals surface area contributed by atoms with Crippen LogP contribution in [0, 0.1) is 0 Å². The Morgan fingerprint density at radius 2 is 0.924 bits per heavy atom. The number of aryl methyl sites for hydroxylation is 3. The third-order valence-corrected chi connectivity index (χ3v) is 13.6. The molecule has 30 heteroatoms. The fourth-order valence-corrected chi connectivity index (χ4v) is 9.54. The molecule has 0 aliphatic heterocycles. The van der Waals surface area contributed by atoms with E-state index in [2.05, 4.69) is 15.0 Å². The van der Waals surface area contributed by atoms with Crippen LogP contribution < -0.4 is 33.7 Å². The summed E-state index contributed by atoms with van der Waals surface area (Å²) in [4.78, 5) is 83.7. The number of fused-ring (bicyclic) bond motifs is 3. The normalized spacial score (nSPS) is 11.9. The van der Waals surface area contributed by atoms with Crippen molar-refractivity contribution >= 4 is 65.9 Å². The Labute approximate surface area is 374 Å². The second kappa shape index (κ2) is 20.9. The molecule has 0 spiro atoms. The van der Waals surface area contributed by atoms with Gasteiger partial charge in [0.25, 0.3) is 34.9 Å². The van der Waals surface area contributed by atoms with Crippen molar-refractivity contribution in [3.8, 4) is 0 Å². The summed E-state index contributed by atoms with van der Waals surface area (Å²) >= 11 is 1.24. The maximum atomic E-state index is 12.4. The minimum absolute atomic E-state index is 0.00437. The second-order valence-electron chi connectivity index (χ2n) is 14.6. The Morgan fingerprint density at radius 1 is 0.561 bits per heavy atom. The number of imidazole rings is 3. The highest BCUT2D eigenvalue weighted by molar-refractivity contribution is 7.98. The number of halogens is 6. The maximum Gasteiger partial charge on any atom is 0.332 e. The monoisotopic (exact) mass is 996 g/mol. The molecule has 0 aliphatic rings. The molecule has 0 radical (unpaired) electrons. The molecule has 6 aromatic heterocycles. The minimum atomic E-state index is -3.94. The van der Waals surface area contributed by atoms with Gasteiger partial charge in [0.05, 0.1) is 36.4 Å². The van der Waals surface area contributed by atoms with Crippen LogP contribution in [0.1, 0.15) is 20.8 Å². The molecular weight excluding hydrogens is 955 g/mol. The van der Waals surface area contributed by atoms with Crippen LogP contribution in [-0.2, 0) is 80.6 Å². The minimum Gasteiger partial charge on any atom is -0.315 e.